The van der Waals surface area contributed by atoms with Crippen LogP contribution in [0.15, 0.2) is 72.9 Å². The van der Waals surface area contributed by atoms with E-state index in [1.807, 2.05) is 30.5 Å². The summed E-state index contributed by atoms with van der Waals surface area (Å²) in [5.74, 6) is 0.283. The molecule has 0 atom stereocenters. The van der Waals surface area contributed by atoms with Crippen molar-refractivity contribution in [3.8, 4) is 11.1 Å². The number of nitrogens with zero attached hydrogens (tertiary/aromatic N) is 2. The van der Waals surface area contributed by atoms with E-state index in [1.54, 1.807) is 0 Å². The number of amides is 1. The van der Waals surface area contributed by atoms with Crippen LogP contribution in [0.1, 0.15) is 29.7 Å². The number of hydrogen-bond acceptors (Lipinski definition) is 3. The molecule has 0 bridgehead atoms. The zero-order chi connectivity index (χ0) is 20.8. The highest BCUT2D eigenvalue weighted by atomic mass is 16.1. The van der Waals surface area contributed by atoms with Crippen LogP contribution in [0.25, 0.3) is 11.1 Å². The Kier molecular flexibility index (Phi) is 6.55. The van der Waals surface area contributed by atoms with Gasteiger partial charge in [0, 0.05) is 25.2 Å². The van der Waals surface area contributed by atoms with Gasteiger partial charge in [-0.3, -0.25) is 14.7 Å². The Morgan fingerprint density at radius 1 is 0.967 bits per heavy atom. The van der Waals surface area contributed by atoms with E-state index in [0.29, 0.717) is 6.54 Å². The van der Waals surface area contributed by atoms with Gasteiger partial charge >= 0.3 is 0 Å². The minimum Gasteiger partial charge on any atom is -0.352 e. The number of hydrogen-bond donors (Lipinski definition) is 1. The Morgan fingerprint density at radius 3 is 2.37 bits per heavy atom. The molecule has 3 aromatic rings. The quantitative estimate of drug-likeness (QED) is 0.660. The van der Waals surface area contributed by atoms with Crippen molar-refractivity contribution in [2.24, 2.45) is 5.92 Å². The molecule has 30 heavy (non-hydrogen) atoms. The molecule has 1 fully saturated rings. The summed E-state index contributed by atoms with van der Waals surface area (Å²) in [6.07, 6.45) is 3.67. The minimum atomic E-state index is 0.106. The van der Waals surface area contributed by atoms with Crippen molar-refractivity contribution in [2.75, 3.05) is 13.1 Å². The molecule has 154 valence electrons. The first kappa shape index (κ1) is 20.3. The van der Waals surface area contributed by atoms with Crippen LogP contribution in [0.3, 0.4) is 0 Å². The van der Waals surface area contributed by atoms with Crippen LogP contribution in [0, 0.1) is 12.8 Å². The van der Waals surface area contributed by atoms with Crippen molar-refractivity contribution in [3.63, 3.8) is 0 Å². The molecule has 4 nitrogen and oxygen atoms in total. The molecule has 1 N–H and O–H groups in total. The number of likely N-dealkylation sites (tertiary alicyclic amines) is 1. The van der Waals surface area contributed by atoms with Gasteiger partial charge in [0.2, 0.25) is 5.91 Å². The van der Waals surface area contributed by atoms with Gasteiger partial charge in [-0.05, 0) is 61.2 Å². The Labute approximate surface area is 179 Å². The topological polar surface area (TPSA) is 45.2 Å². The minimum absolute atomic E-state index is 0.106. The molecule has 1 aromatic heterocycles. The average molecular weight is 400 g/mol. The van der Waals surface area contributed by atoms with Crippen molar-refractivity contribution in [1.82, 2.24) is 15.2 Å². The van der Waals surface area contributed by atoms with Crippen molar-refractivity contribution in [1.29, 1.82) is 0 Å². The number of aryl methyl sites for hydroxylation is 1. The lowest BCUT2D eigenvalue weighted by Gasteiger charge is -2.31. The molecule has 1 aliphatic rings. The third-order valence-electron chi connectivity index (χ3n) is 5.98. The standard InChI is InChI=1S/C26H29N3O/c1-20-6-5-15-27-25(20)19-29-16-13-24(14-17-29)26(30)28-18-21-9-11-23(12-10-21)22-7-3-2-4-8-22/h2-12,15,24H,13-14,16-19H2,1H3,(H,28,30). The molecule has 0 unspecified atom stereocenters. The molecule has 0 aliphatic carbocycles. The Bertz CT molecular complexity index is 961. The summed E-state index contributed by atoms with van der Waals surface area (Å²) in [5, 5.41) is 3.13. The number of piperidine rings is 1. The number of pyridine rings is 1. The summed E-state index contributed by atoms with van der Waals surface area (Å²) in [7, 11) is 0. The molecule has 2 heterocycles. The smallest absolute Gasteiger partial charge is 0.223 e. The zero-order valence-electron chi connectivity index (χ0n) is 17.6. The van der Waals surface area contributed by atoms with E-state index in [2.05, 4.69) is 64.6 Å². The second-order valence-corrected chi connectivity index (χ2v) is 8.10. The van der Waals surface area contributed by atoms with Gasteiger partial charge in [-0.2, -0.15) is 0 Å². The Morgan fingerprint density at radius 2 is 1.67 bits per heavy atom. The molecule has 0 spiro atoms. The third-order valence-corrected chi connectivity index (χ3v) is 5.98. The maximum atomic E-state index is 12.6. The molecular formula is C26H29N3O. The average Bonchev–Trinajstić information content (AvgIpc) is 2.80. The molecule has 0 saturated carbocycles. The van der Waals surface area contributed by atoms with Gasteiger partial charge in [-0.1, -0.05) is 60.7 Å². The molecule has 2 aromatic carbocycles. The predicted octanol–water partition coefficient (Wildman–Crippen LogP) is 4.59. The molecule has 4 heteroatoms. The molecule has 1 aliphatic heterocycles. The fraction of sp³-hybridized carbons (Fsp3) is 0.308. The first-order chi connectivity index (χ1) is 14.7. The van der Waals surface area contributed by atoms with Crippen LogP contribution in [-0.4, -0.2) is 28.9 Å². The van der Waals surface area contributed by atoms with Crippen LogP contribution in [0.5, 0.6) is 0 Å². The summed E-state index contributed by atoms with van der Waals surface area (Å²) in [6, 6.07) is 22.9. The predicted molar refractivity (Wildman–Crippen MR) is 121 cm³/mol. The molecule has 1 amide bonds. The van der Waals surface area contributed by atoms with E-state index in [1.165, 1.54) is 16.7 Å². The second-order valence-electron chi connectivity index (χ2n) is 8.10. The normalized spacial score (nSPS) is 15.1. The monoisotopic (exact) mass is 399 g/mol. The lowest BCUT2D eigenvalue weighted by atomic mass is 9.95. The molecular weight excluding hydrogens is 370 g/mol. The summed E-state index contributed by atoms with van der Waals surface area (Å²) in [6.45, 7) is 5.45. The van der Waals surface area contributed by atoms with Gasteiger partial charge in [0.05, 0.1) is 5.69 Å². The number of carbonyl (C=O) groups is 1. The highest BCUT2D eigenvalue weighted by molar-refractivity contribution is 5.78. The van der Waals surface area contributed by atoms with Gasteiger partial charge in [-0.15, -0.1) is 0 Å². The van der Waals surface area contributed by atoms with Crippen LogP contribution < -0.4 is 5.32 Å². The van der Waals surface area contributed by atoms with Gasteiger partial charge in [0.25, 0.3) is 0 Å². The highest BCUT2D eigenvalue weighted by Gasteiger charge is 2.25. The van der Waals surface area contributed by atoms with E-state index in [0.717, 1.165) is 43.7 Å². The Hall–Kier alpha value is -2.98. The number of benzene rings is 2. The van der Waals surface area contributed by atoms with E-state index < -0.39 is 0 Å². The maximum absolute atomic E-state index is 12.6. The maximum Gasteiger partial charge on any atom is 0.223 e. The second kappa shape index (κ2) is 9.68. The van der Waals surface area contributed by atoms with E-state index in [9.17, 15) is 4.79 Å². The lowest BCUT2D eigenvalue weighted by molar-refractivity contribution is -0.126. The lowest BCUT2D eigenvalue weighted by Crippen LogP contribution is -2.40. The fourth-order valence-corrected chi connectivity index (χ4v) is 4.03. The van der Waals surface area contributed by atoms with Gasteiger partial charge < -0.3 is 5.32 Å². The largest absolute Gasteiger partial charge is 0.352 e. The first-order valence-corrected chi connectivity index (χ1v) is 10.7. The summed E-state index contributed by atoms with van der Waals surface area (Å²) < 4.78 is 0. The zero-order valence-corrected chi connectivity index (χ0v) is 17.6. The fourth-order valence-electron chi connectivity index (χ4n) is 4.03. The van der Waals surface area contributed by atoms with Crippen molar-refractivity contribution in [3.05, 3.63) is 89.7 Å². The van der Waals surface area contributed by atoms with Gasteiger partial charge in [-0.25, -0.2) is 0 Å². The summed E-state index contributed by atoms with van der Waals surface area (Å²) in [4.78, 5) is 19.5. The van der Waals surface area contributed by atoms with Crippen LogP contribution in [0.4, 0.5) is 0 Å². The Balaban J connectivity index is 1.24. The van der Waals surface area contributed by atoms with Crippen LogP contribution in [0.2, 0.25) is 0 Å². The highest BCUT2D eigenvalue weighted by Crippen LogP contribution is 2.21. The van der Waals surface area contributed by atoms with Crippen LogP contribution in [-0.2, 0) is 17.9 Å². The molecule has 1 saturated heterocycles. The van der Waals surface area contributed by atoms with E-state index >= 15 is 0 Å². The van der Waals surface area contributed by atoms with Crippen molar-refractivity contribution < 1.29 is 4.79 Å². The van der Waals surface area contributed by atoms with E-state index in [4.69, 9.17) is 0 Å². The number of carbonyl (C=O) groups excluding carboxylic acids is 1. The molecule has 0 radical (unpaired) electrons. The van der Waals surface area contributed by atoms with Gasteiger partial charge in [0.15, 0.2) is 0 Å². The van der Waals surface area contributed by atoms with Gasteiger partial charge in [0.1, 0.15) is 0 Å². The summed E-state index contributed by atoms with van der Waals surface area (Å²) >= 11 is 0. The number of aromatic nitrogens is 1. The molecule has 4 rings (SSSR count). The van der Waals surface area contributed by atoms with Crippen molar-refractivity contribution >= 4 is 5.91 Å². The first-order valence-electron chi connectivity index (χ1n) is 10.7. The van der Waals surface area contributed by atoms with E-state index in [-0.39, 0.29) is 11.8 Å². The number of nitrogens with one attached hydrogen (secondary N) is 1. The van der Waals surface area contributed by atoms with Crippen molar-refractivity contribution in [2.45, 2.75) is 32.9 Å². The SMILES string of the molecule is Cc1cccnc1CN1CCC(C(=O)NCc2ccc(-c3ccccc3)cc2)CC1. The number of rotatable bonds is 6. The summed E-state index contributed by atoms with van der Waals surface area (Å²) in [5.41, 5.74) is 5.91. The third kappa shape index (κ3) is 5.14. The van der Waals surface area contributed by atoms with Crippen LogP contribution >= 0.6 is 0 Å².